The van der Waals surface area contributed by atoms with Crippen LogP contribution < -0.4 is 16.0 Å². The van der Waals surface area contributed by atoms with E-state index in [1.807, 2.05) is 13.8 Å². The van der Waals surface area contributed by atoms with Crippen molar-refractivity contribution in [1.82, 2.24) is 16.0 Å². The molecule has 2 amide bonds. The molecule has 0 aromatic heterocycles. The van der Waals surface area contributed by atoms with Crippen LogP contribution in [0, 0.1) is 5.92 Å². The average molecular weight is 269 g/mol. The third-order valence-corrected chi connectivity index (χ3v) is 3.26. The number of hydrogen-bond donors (Lipinski definition) is 3. The van der Waals surface area contributed by atoms with Crippen LogP contribution in [0.5, 0.6) is 0 Å². The molecule has 1 rings (SSSR count). The van der Waals surface area contributed by atoms with Gasteiger partial charge in [0.1, 0.15) is 0 Å². The van der Waals surface area contributed by atoms with Crippen LogP contribution in [0.3, 0.4) is 0 Å². The Hall–Kier alpha value is -1.10. The smallest absolute Gasteiger partial charge is 0.221 e. The summed E-state index contributed by atoms with van der Waals surface area (Å²) in [6, 6.07) is 0.736. The molecule has 1 saturated heterocycles. The van der Waals surface area contributed by atoms with E-state index in [0.717, 1.165) is 19.4 Å². The van der Waals surface area contributed by atoms with E-state index in [-0.39, 0.29) is 17.9 Å². The van der Waals surface area contributed by atoms with Gasteiger partial charge in [-0.2, -0.15) is 0 Å². The van der Waals surface area contributed by atoms with E-state index in [1.54, 1.807) is 0 Å². The zero-order chi connectivity index (χ0) is 14.3. The zero-order valence-electron chi connectivity index (χ0n) is 12.3. The molecule has 1 aliphatic heterocycles. The summed E-state index contributed by atoms with van der Waals surface area (Å²) in [6.45, 7) is 7.52. The van der Waals surface area contributed by atoms with Crippen LogP contribution in [0.4, 0.5) is 0 Å². The van der Waals surface area contributed by atoms with Gasteiger partial charge >= 0.3 is 0 Å². The summed E-state index contributed by atoms with van der Waals surface area (Å²) < 4.78 is 0. The highest BCUT2D eigenvalue weighted by Crippen LogP contribution is 2.08. The van der Waals surface area contributed by atoms with Gasteiger partial charge in [-0.15, -0.1) is 0 Å². The number of nitrogens with one attached hydrogen (secondary N) is 3. The Morgan fingerprint density at radius 2 is 2.05 bits per heavy atom. The van der Waals surface area contributed by atoms with Gasteiger partial charge in [-0.3, -0.25) is 9.59 Å². The van der Waals surface area contributed by atoms with Gasteiger partial charge in [0.15, 0.2) is 0 Å². The molecule has 2 atom stereocenters. The lowest BCUT2D eigenvalue weighted by molar-refractivity contribution is -0.123. The molecule has 0 saturated carbocycles. The highest BCUT2D eigenvalue weighted by molar-refractivity contribution is 5.79. The van der Waals surface area contributed by atoms with Gasteiger partial charge in [0.2, 0.25) is 11.8 Å². The predicted octanol–water partition coefficient (Wildman–Crippen LogP) is 0.796. The second-order valence-corrected chi connectivity index (χ2v) is 5.84. The molecule has 0 radical (unpaired) electrons. The van der Waals surface area contributed by atoms with Crippen LogP contribution in [-0.4, -0.2) is 37.0 Å². The van der Waals surface area contributed by atoms with Crippen molar-refractivity contribution in [3.8, 4) is 0 Å². The second-order valence-electron chi connectivity index (χ2n) is 5.84. The highest BCUT2D eigenvalue weighted by Gasteiger charge is 2.19. The van der Waals surface area contributed by atoms with Gasteiger partial charge in [-0.1, -0.05) is 13.8 Å². The van der Waals surface area contributed by atoms with Crippen LogP contribution in [0.25, 0.3) is 0 Å². The minimum Gasteiger partial charge on any atom is -0.356 e. The summed E-state index contributed by atoms with van der Waals surface area (Å²) in [5.74, 6) is 0.410. The summed E-state index contributed by atoms with van der Waals surface area (Å²) in [6.07, 6.45) is 2.84. The van der Waals surface area contributed by atoms with Crippen molar-refractivity contribution in [3.05, 3.63) is 0 Å². The van der Waals surface area contributed by atoms with Crippen LogP contribution in [0.2, 0.25) is 0 Å². The van der Waals surface area contributed by atoms with Gasteiger partial charge in [0.05, 0.1) is 0 Å². The molecule has 1 heterocycles. The molecule has 0 aromatic rings. The average Bonchev–Trinajstić information content (AvgIpc) is 2.27. The minimum atomic E-state index is 0.0262. The number of carbonyl (C=O) groups excluding carboxylic acids is 2. The molecule has 0 spiro atoms. The van der Waals surface area contributed by atoms with Crippen molar-refractivity contribution in [1.29, 1.82) is 0 Å². The van der Waals surface area contributed by atoms with E-state index < -0.39 is 0 Å². The summed E-state index contributed by atoms with van der Waals surface area (Å²) in [5.41, 5.74) is 0. The van der Waals surface area contributed by atoms with E-state index in [4.69, 9.17) is 0 Å². The Kier molecular flexibility index (Phi) is 6.84. The number of rotatable bonds is 6. The lowest BCUT2D eigenvalue weighted by atomic mass is 10.0. The molecule has 0 bridgehead atoms. The fourth-order valence-electron chi connectivity index (χ4n) is 2.32. The standard InChI is InChI=1S/C14H27N3O2/c1-10(2)8-14(19)16-7-5-13(18)17-12-4-6-15-11(3)9-12/h10-12,15H,4-9H2,1-3H3,(H,16,19)(H,17,18). The van der Waals surface area contributed by atoms with Crippen LogP contribution >= 0.6 is 0 Å². The molecule has 1 fully saturated rings. The molecule has 2 unspecified atom stereocenters. The lowest BCUT2D eigenvalue weighted by Gasteiger charge is -2.28. The molecule has 0 aromatic carbocycles. The van der Waals surface area contributed by atoms with E-state index >= 15 is 0 Å². The van der Waals surface area contributed by atoms with Crippen molar-refractivity contribution in [2.45, 2.75) is 58.5 Å². The lowest BCUT2D eigenvalue weighted by Crippen LogP contribution is -2.47. The van der Waals surface area contributed by atoms with Gasteiger partial charge in [-0.25, -0.2) is 0 Å². The van der Waals surface area contributed by atoms with Crippen LogP contribution in [-0.2, 0) is 9.59 Å². The summed E-state index contributed by atoms with van der Waals surface area (Å²) >= 11 is 0. The Morgan fingerprint density at radius 3 is 2.68 bits per heavy atom. The summed E-state index contributed by atoms with van der Waals surface area (Å²) in [7, 11) is 0. The first-order valence-corrected chi connectivity index (χ1v) is 7.26. The Labute approximate surface area is 115 Å². The van der Waals surface area contributed by atoms with Gasteiger partial charge in [0, 0.05) is 31.5 Å². The first kappa shape index (κ1) is 16.0. The van der Waals surface area contributed by atoms with Crippen LogP contribution in [0.15, 0.2) is 0 Å². The van der Waals surface area contributed by atoms with E-state index in [2.05, 4.69) is 22.9 Å². The minimum absolute atomic E-state index is 0.0262. The maximum atomic E-state index is 11.7. The third kappa shape index (κ3) is 7.15. The Morgan fingerprint density at radius 1 is 1.32 bits per heavy atom. The van der Waals surface area contributed by atoms with Crippen molar-refractivity contribution in [2.24, 2.45) is 5.92 Å². The Balaban J connectivity index is 2.12. The molecular formula is C14H27N3O2. The fraction of sp³-hybridized carbons (Fsp3) is 0.857. The van der Waals surface area contributed by atoms with E-state index in [9.17, 15) is 9.59 Å². The van der Waals surface area contributed by atoms with Gasteiger partial charge < -0.3 is 16.0 Å². The van der Waals surface area contributed by atoms with Crippen molar-refractivity contribution in [3.63, 3.8) is 0 Å². The highest BCUT2D eigenvalue weighted by atomic mass is 16.2. The largest absolute Gasteiger partial charge is 0.356 e. The first-order chi connectivity index (χ1) is 8.97. The second kappa shape index (κ2) is 8.15. The quantitative estimate of drug-likeness (QED) is 0.668. The van der Waals surface area contributed by atoms with Gasteiger partial charge in [-0.05, 0) is 32.2 Å². The fourth-order valence-corrected chi connectivity index (χ4v) is 2.32. The molecule has 0 aliphatic carbocycles. The zero-order valence-corrected chi connectivity index (χ0v) is 12.3. The normalized spacial score (nSPS) is 23.2. The van der Waals surface area contributed by atoms with E-state index in [1.165, 1.54) is 0 Å². The molecule has 110 valence electrons. The van der Waals surface area contributed by atoms with Crippen LogP contribution in [0.1, 0.15) is 46.5 Å². The topological polar surface area (TPSA) is 70.2 Å². The Bertz CT molecular complexity index is 305. The van der Waals surface area contributed by atoms with Crippen molar-refractivity contribution in [2.75, 3.05) is 13.1 Å². The molecule has 5 heteroatoms. The van der Waals surface area contributed by atoms with Gasteiger partial charge in [0.25, 0.3) is 0 Å². The third-order valence-electron chi connectivity index (χ3n) is 3.26. The summed E-state index contributed by atoms with van der Waals surface area (Å²) in [5, 5.41) is 9.17. The number of hydrogen-bond acceptors (Lipinski definition) is 3. The van der Waals surface area contributed by atoms with Crippen molar-refractivity contribution >= 4 is 11.8 Å². The maximum absolute atomic E-state index is 11.7. The SMILES string of the molecule is CC(C)CC(=O)NCCC(=O)NC1CCNC(C)C1. The number of amides is 2. The predicted molar refractivity (Wildman–Crippen MR) is 75.7 cm³/mol. The molecule has 19 heavy (non-hydrogen) atoms. The first-order valence-electron chi connectivity index (χ1n) is 7.26. The molecular weight excluding hydrogens is 242 g/mol. The summed E-state index contributed by atoms with van der Waals surface area (Å²) in [4.78, 5) is 23.2. The van der Waals surface area contributed by atoms with E-state index in [0.29, 0.717) is 31.3 Å². The monoisotopic (exact) mass is 269 g/mol. The number of piperidine rings is 1. The molecule has 1 aliphatic rings. The molecule has 3 N–H and O–H groups in total. The van der Waals surface area contributed by atoms with Crippen molar-refractivity contribution < 1.29 is 9.59 Å². The number of carbonyl (C=O) groups is 2. The maximum Gasteiger partial charge on any atom is 0.221 e. The molecule has 5 nitrogen and oxygen atoms in total.